The first-order valence-electron chi connectivity index (χ1n) is 5.33. The number of aryl methyl sites for hydroxylation is 1. The first kappa shape index (κ1) is 12.6. The summed E-state index contributed by atoms with van der Waals surface area (Å²) in [5.74, 6) is 1.04. The highest BCUT2D eigenvalue weighted by Gasteiger charge is 2.15. The molecule has 2 heterocycles. The largest absolute Gasteiger partial charge is 0.472 e. The maximum absolute atomic E-state index is 11.1. The van der Waals surface area contributed by atoms with Gasteiger partial charge in [0.05, 0.1) is 18.1 Å². The van der Waals surface area contributed by atoms with Crippen LogP contribution in [0.25, 0.3) is 0 Å². The molecule has 0 unspecified atom stereocenters. The zero-order valence-corrected chi connectivity index (χ0v) is 10.8. The third-order valence-electron chi connectivity index (χ3n) is 2.47. The lowest BCUT2D eigenvalue weighted by Gasteiger charge is -2.19. The predicted molar refractivity (Wildman–Crippen MR) is 68.0 cm³/mol. The predicted octanol–water partition coefficient (Wildman–Crippen LogP) is 2.48. The molecular weight excluding hydrogens is 254 g/mol. The Bertz CT molecular complexity index is 555. The minimum Gasteiger partial charge on any atom is -0.472 e. The Morgan fingerprint density at radius 2 is 2.28 bits per heavy atom. The van der Waals surface area contributed by atoms with Crippen molar-refractivity contribution in [2.75, 3.05) is 11.9 Å². The van der Waals surface area contributed by atoms with Gasteiger partial charge in [-0.1, -0.05) is 11.6 Å². The van der Waals surface area contributed by atoms with Gasteiger partial charge in [-0.2, -0.15) is 0 Å². The summed E-state index contributed by atoms with van der Waals surface area (Å²) in [6, 6.07) is 1.85. The third-order valence-corrected chi connectivity index (χ3v) is 2.76. The lowest BCUT2D eigenvalue weighted by molar-refractivity contribution is 0.112. The number of hydrogen-bond donors (Lipinski definition) is 0. The Kier molecular flexibility index (Phi) is 3.62. The van der Waals surface area contributed by atoms with Crippen molar-refractivity contribution in [2.45, 2.75) is 13.5 Å². The zero-order chi connectivity index (χ0) is 13.1. The van der Waals surface area contributed by atoms with Crippen molar-refractivity contribution in [1.29, 1.82) is 0 Å². The molecule has 2 aromatic heterocycles. The van der Waals surface area contributed by atoms with Gasteiger partial charge in [0, 0.05) is 19.2 Å². The second-order valence-corrected chi connectivity index (χ2v) is 4.26. The summed E-state index contributed by atoms with van der Waals surface area (Å²) in [5.41, 5.74) is 1.29. The number of hydrogen-bond acceptors (Lipinski definition) is 5. The maximum atomic E-state index is 11.1. The lowest BCUT2D eigenvalue weighted by atomic mass is 10.2. The van der Waals surface area contributed by atoms with E-state index >= 15 is 0 Å². The second-order valence-electron chi connectivity index (χ2n) is 3.90. The fraction of sp³-hybridized carbons (Fsp3) is 0.250. The number of carbonyl (C=O) groups excluding carboxylic acids is 1. The smallest absolute Gasteiger partial charge is 0.156 e. The maximum Gasteiger partial charge on any atom is 0.156 e. The van der Waals surface area contributed by atoms with Crippen LogP contribution in [0.4, 0.5) is 5.82 Å². The number of aromatic nitrogens is 2. The van der Waals surface area contributed by atoms with Crippen LogP contribution in [0.15, 0.2) is 23.0 Å². The molecule has 0 aliphatic rings. The number of aldehydes is 1. The molecule has 5 nitrogen and oxygen atoms in total. The van der Waals surface area contributed by atoms with Gasteiger partial charge in [0.1, 0.15) is 16.8 Å². The molecule has 0 aliphatic heterocycles. The molecule has 0 radical (unpaired) electrons. The zero-order valence-electron chi connectivity index (χ0n) is 10.1. The molecule has 0 saturated heterocycles. The molecule has 2 aromatic rings. The highest BCUT2D eigenvalue weighted by atomic mass is 35.5. The first-order valence-corrected chi connectivity index (χ1v) is 5.71. The van der Waals surface area contributed by atoms with Crippen LogP contribution in [0.3, 0.4) is 0 Å². The van der Waals surface area contributed by atoms with Crippen LogP contribution in [0.2, 0.25) is 5.15 Å². The van der Waals surface area contributed by atoms with Gasteiger partial charge in [-0.3, -0.25) is 4.79 Å². The molecule has 0 aliphatic carbocycles. The molecule has 2 rings (SSSR count). The molecule has 0 aromatic carbocycles. The van der Waals surface area contributed by atoms with Crippen LogP contribution >= 0.6 is 11.6 Å². The third kappa shape index (κ3) is 2.51. The monoisotopic (exact) mass is 265 g/mol. The van der Waals surface area contributed by atoms with Crippen LogP contribution in [0, 0.1) is 6.92 Å². The Hall–Kier alpha value is -1.88. The van der Waals surface area contributed by atoms with Crippen LogP contribution in [-0.2, 0) is 6.54 Å². The van der Waals surface area contributed by atoms with E-state index in [1.54, 1.807) is 19.5 Å². The molecule has 6 heteroatoms. The van der Waals surface area contributed by atoms with Crippen molar-refractivity contribution in [2.24, 2.45) is 0 Å². The van der Waals surface area contributed by atoms with E-state index < -0.39 is 0 Å². The molecule has 0 N–H and O–H groups in total. The van der Waals surface area contributed by atoms with Gasteiger partial charge >= 0.3 is 0 Å². The summed E-state index contributed by atoms with van der Waals surface area (Å²) < 4.78 is 5.00. The van der Waals surface area contributed by atoms with Gasteiger partial charge in [-0.25, -0.2) is 9.97 Å². The first-order chi connectivity index (χ1) is 8.61. The quantitative estimate of drug-likeness (QED) is 0.628. The van der Waals surface area contributed by atoms with Gasteiger partial charge in [0.25, 0.3) is 0 Å². The lowest BCUT2D eigenvalue weighted by Crippen LogP contribution is -2.20. The average Bonchev–Trinajstić information content (AvgIpc) is 2.80. The minimum atomic E-state index is 0.173. The Morgan fingerprint density at radius 1 is 1.50 bits per heavy atom. The topological polar surface area (TPSA) is 59.2 Å². The molecule has 0 fully saturated rings. The van der Waals surface area contributed by atoms with E-state index in [9.17, 15) is 4.79 Å². The SMILES string of the molecule is Cc1nc(Cl)c(C=O)c(N(C)Cc2ccoc2)n1. The summed E-state index contributed by atoms with van der Waals surface area (Å²) in [6.07, 6.45) is 3.91. The fourth-order valence-corrected chi connectivity index (χ4v) is 1.91. The highest BCUT2D eigenvalue weighted by Crippen LogP contribution is 2.23. The summed E-state index contributed by atoms with van der Waals surface area (Å²) >= 11 is 5.93. The van der Waals surface area contributed by atoms with Gasteiger partial charge in [-0.15, -0.1) is 0 Å². The second kappa shape index (κ2) is 5.18. The van der Waals surface area contributed by atoms with Gasteiger partial charge in [0.15, 0.2) is 6.29 Å². The normalized spacial score (nSPS) is 10.4. The molecule has 0 atom stereocenters. The van der Waals surface area contributed by atoms with Crippen molar-refractivity contribution < 1.29 is 9.21 Å². The Labute approximate surface area is 109 Å². The number of carbonyl (C=O) groups is 1. The minimum absolute atomic E-state index is 0.173. The van der Waals surface area contributed by atoms with Gasteiger partial charge in [-0.05, 0) is 13.0 Å². The molecule has 94 valence electrons. The summed E-state index contributed by atoms with van der Waals surface area (Å²) in [7, 11) is 1.83. The molecule has 0 saturated carbocycles. The Morgan fingerprint density at radius 3 is 2.89 bits per heavy atom. The summed E-state index contributed by atoms with van der Waals surface area (Å²) in [5, 5.41) is 0.173. The molecule has 0 spiro atoms. The number of anilines is 1. The standard InChI is InChI=1S/C12H12ClN3O2/c1-8-14-11(13)10(6-17)12(15-8)16(2)5-9-3-4-18-7-9/h3-4,6-7H,5H2,1-2H3. The summed E-state index contributed by atoms with van der Waals surface area (Å²) in [4.78, 5) is 21.1. The van der Waals surface area contributed by atoms with E-state index in [0.717, 1.165) is 5.56 Å². The van der Waals surface area contributed by atoms with E-state index in [-0.39, 0.29) is 5.15 Å². The van der Waals surface area contributed by atoms with Crippen LogP contribution in [0.5, 0.6) is 0 Å². The van der Waals surface area contributed by atoms with E-state index in [4.69, 9.17) is 16.0 Å². The van der Waals surface area contributed by atoms with E-state index in [0.29, 0.717) is 30.0 Å². The van der Waals surface area contributed by atoms with Gasteiger partial charge in [0.2, 0.25) is 0 Å². The average molecular weight is 266 g/mol. The number of halogens is 1. The molecule has 0 bridgehead atoms. The molecule has 0 amide bonds. The number of rotatable bonds is 4. The number of nitrogens with zero attached hydrogens (tertiary/aromatic N) is 3. The highest BCUT2D eigenvalue weighted by molar-refractivity contribution is 6.32. The molecular formula is C12H12ClN3O2. The Balaban J connectivity index is 2.34. The van der Waals surface area contributed by atoms with E-state index in [2.05, 4.69) is 9.97 Å². The van der Waals surface area contributed by atoms with Crippen molar-refractivity contribution >= 4 is 23.7 Å². The number of furan rings is 1. The van der Waals surface area contributed by atoms with E-state index in [1.807, 2.05) is 18.0 Å². The van der Waals surface area contributed by atoms with Crippen LogP contribution < -0.4 is 4.90 Å². The van der Waals surface area contributed by atoms with Crippen LogP contribution in [0.1, 0.15) is 21.7 Å². The van der Waals surface area contributed by atoms with E-state index in [1.165, 1.54) is 0 Å². The van der Waals surface area contributed by atoms with Crippen molar-refractivity contribution in [3.05, 3.63) is 40.7 Å². The van der Waals surface area contributed by atoms with Crippen molar-refractivity contribution in [1.82, 2.24) is 9.97 Å². The van der Waals surface area contributed by atoms with Crippen molar-refractivity contribution in [3.63, 3.8) is 0 Å². The van der Waals surface area contributed by atoms with Crippen molar-refractivity contribution in [3.8, 4) is 0 Å². The van der Waals surface area contributed by atoms with Gasteiger partial charge < -0.3 is 9.32 Å². The fourth-order valence-electron chi connectivity index (χ4n) is 1.66. The summed E-state index contributed by atoms with van der Waals surface area (Å²) in [6.45, 7) is 2.31. The van der Waals surface area contributed by atoms with Crippen LogP contribution in [-0.4, -0.2) is 23.3 Å². The molecule has 18 heavy (non-hydrogen) atoms.